The highest BCUT2D eigenvalue weighted by Gasteiger charge is 2.30. The van der Waals surface area contributed by atoms with Gasteiger partial charge in [-0.15, -0.1) is 0 Å². The van der Waals surface area contributed by atoms with E-state index in [1.54, 1.807) is 11.8 Å². The minimum Gasteiger partial charge on any atom is -0.371 e. The number of piperidine rings is 1. The number of aromatic nitrogens is 1. The number of carbonyl (C=O) groups is 2. The van der Waals surface area contributed by atoms with Crippen LogP contribution in [0.5, 0.6) is 0 Å². The molecule has 4 rings (SSSR count). The first-order valence-corrected chi connectivity index (χ1v) is 10.7. The van der Waals surface area contributed by atoms with Crippen molar-refractivity contribution in [3.8, 4) is 0 Å². The zero-order chi connectivity index (χ0) is 21.3. The second-order valence-corrected chi connectivity index (χ2v) is 8.44. The molecule has 0 radical (unpaired) electrons. The van der Waals surface area contributed by atoms with Gasteiger partial charge in [-0.05, 0) is 61.1 Å². The van der Waals surface area contributed by atoms with Crippen LogP contribution in [0.2, 0.25) is 0 Å². The van der Waals surface area contributed by atoms with Gasteiger partial charge in [0.25, 0.3) is 5.91 Å². The summed E-state index contributed by atoms with van der Waals surface area (Å²) in [5, 5.41) is 0. The fraction of sp³-hybridized carbons (Fsp3) is 0.458. The molecule has 2 heterocycles. The van der Waals surface area contributed by atoms with E-state index in [4.69, 9.17) is 0 Å². The maximum atomic E-state index is 13.2. The smallest absolute Gasteiger partial charge is 0.253 e. The molecule has 0 bridgehead atoms. The quantitative estimate of drug-likeness (QED) is 0.782. The van der Waals surface area contributed by atoms with Gasteiger partial charge in [-0.1, -0.05) is 6.07 Å². The van der Waals surface area contributed by atoms with Crippen LogP contribution in [-0.2, 0) is 11.2 Å². The Bertz CT molecular complexity index is 922. The number of hydrogen-bond donors (Lipinski definition) is 0. The first kappa shape index (κ1) is 20.4. The van der Waals surface area contributed by atoms with Crippen LogP contribution in [0.3, 0.4) is 0 Å². The lowest BCUT2D eigenvalue weighted by Gasteiger charge is -2.38. The predicted octanol–water partition coefficient (Wildman–Crippen LogP) is 3.29. The summed E-state index contributed by atoms with van der Waals surface area (Å²) in [5.41, 5.74) is 4.28. The van der Waals surface area contributed by atoms with E-state index >= 15 is 0 Å². The summed E-state index contributed by atoms with van der Waals surface area (Å²) in [7, 11) is 3.76. The number of amides is 2. The number of pyridine rings is 1. The largest absolute Gasteiger partial charge is 0.371 e. The molecule has 1 aromatic carbocycles. The monoisotopic (exact) mass is 406 g/mol. The Labute approximate surface area is 178 Å². The summed E-state index contributed by atoms with van der Waals surface area (Å²) in [5.74, 6) is 0.124. The molecule has 2 aromatic rings. The highest BCUT2D eigenvalue weighted by molar-refractivity contribution is 5.94. The van der Waals surface area contributed by atoms with Crippen LogP contribution in [0.15, 0.2) is 42.7 Å². The van der Waals surface area contributed by atoms with Crippen LogP contribution in [0.25, 0.3) is 0 Å². The first-order chi connectivity index (χ1) is 14.5. The van der Waals surface area contributed by atoms with Gasteiger partial charge in [0.1, 0.15) is 0 Å². The fourth-order valence-corrected chi connectivity index (χ4v) is 4.77. The summed E-state index contributed by atoms with van der Waals surface area (Å²) in [6.07, 6.45) is 7.42. The van der Waals surface area contributed by atoms with E-state index in [2.05, 4.69) is 16.0 Å². The Kier molecular flexibility index (Phi) is 5.75. The normalized spacial score (nSPS) is 18.8. The average molecular weight is 407 g/mol. The number of nitrogens with zero attached hydrogens (tertiary/aromatic N) is 4. The van der Waals surface area contributed by atoms with Crippen molar-refractivity contribution >= 4 is 17.5 Å². The van der Waals surface area contributed by atoms with E-state index in [-0.39, 0.29) is 23.9 Å². The van der Waals surface area contributed by atoms with Crippen molar-refractivity contribution in [2.45, 2.75) is 44.7 Å². The van der Waals surface area contributed by atoms with E-state index < -0.39 is 0 Å². The molecule has 6 nitrogen and oxygen atoms in total. The highest BCUT2D eigenvalue weighted by Crippen LogP contribution is 2.36. The van der Waals surface area contributed by atoms with Gasteiger partial charge in [-0.2, -0.15) is 0 Å². The predicted molar refractivity (Wildman–Crippen MR) is 118 cm³/mol. The SMILES string of the molecule is CC(=O)N(C)C1CCc2ccc(C(=O)N(C)C3CCN(c4ccncc4)CC3)cc21. The van der Waals surface area contributed by atoms with E-state index in [1.807, 2.05) is 55.7 Å². The molecule has 158 valence electrons. The summed E-state index contributed by atoms with van der Waals surface area (Å²) in [4.78, 5) is 35.2. The van der Waals surface area contributed by atoms with E-state index in [1.165, 1.54) is 11.3 Å². The molecule has 1 saturated heterocycles. The molecule has 2 aliphatic rings. The average Bonchev–Trinajstić information content (AvgIpc) is 3.21. The zero-order valence-corrected chi connectivity index (χ0v) is 18.0. The second kappa shape index (κ2) is 8.46. The Balaban J connectivity index is 1.44. The lowest BCUT2D eigenvalue weighted by atomic mass is 10.00. The maximum absolute atomic E-state index is 13.2. The topological polar surface area (TPSA) is 56.8 Å². The molecule has 1 aliphatic carbocycles. The Morgan fingerprint density at radius 3 is 2.37 bits per heavy atom. The first-order valence-electron chi connectivity index (χ1n) is 10.7. The van der Waals surface area contributed by atoms with Crippen LogP contribution >= 0.6 is 0 Å². The van der Waals surface area contributed by atoms with Gasteiger partial charge in [-0.3, -0.25) is 14.6 Å². The number of benzene rings is 1. The van der Waals surface area contributed by atoms with Crippen molar-refractivity contribution in [1.29, 1.82) is 0 Å². The number of hydrogen-bond acceptors (Lipinski definition) is 4. The van der Waals surface area contributed by atoms with Gasteiger partial charge in [-0.25, -0.2) is 0 Å². The van der Waals surface area contributed by atoms with Gasteiger partial charge in [0.15, 0.2) is 0 Å². The Morgan fingerprint density at radius 2 is 1.70 bits per heavy atom. The van der Waals surface area contributed by atoms with Crippen LogP contribution in [0.1, 0.15) is 53.7 Å². The third-order valence-electron chi connectivity index (χ3n) is 6.76. The van der Waals surface area contributed by atoms with Crippen LogP contribution in [0.4, 0.5) is 5.69 Å². The zero-order valence-electron chi connectivity index (χ0n) is 18.0. The molecule has 0 saturated carbocycles. The summed E-state index contributed by atoms with van der Waals surface area (Å²) in [6, 6.07) is 10.4. The number of carbonyl (C=O) groups excluding carboxylic acids is 2. The molecule has 0 N–H and O–H groups in total. The molecule has 1 unspecified atom stereocenters. The highest BCUT2D eigenvalue weighted by atomic mass is 16.2. The minimum absolute atomic E-state index is 0.0580. The minimum atomic E-state index is 0.0580. The van der Waals surface area contributed by atoms with Crippen molar-refractivity contribution in [1.82, 2.24) is 14.8 Å². The third-order valence-corrected chi connectivity index (χ3v) is 6.76. The number of rotatable bonds is 4. The lowest BCUT2D eigenvalue weighted by Crippen LogP contribution is -2.45. The summed E-state index contributed by atoms with van der Waals surface area (Å²) >= 11 is 0. The molecule has 6 heteroatoms. The second-order valence-electron chi connectivity index (χ2n) is 8.44. The number of aryl methyl sites for hydroxylation is 1. The van der Waals surface area contributed by atoms with Gasteiger partial charge >= 0.3 is 0 Å². The van der Waals surface area contributed by atoms with Gasteiger partial charge < -0.3 is 14.7 Å². The van der Waals surface area contributed by atoms with Crippen molar-refractivity contribution in [2.24, 2.45) is 0 Å². The fourth-order valence-electron chi connectivity index (χ4n) is 4.77. The van der Waals surface area contributed by atoms with E-state index in [0.29, 0.717) is 0 Å². The number of anilines is 1. The molecule has 1 aromatic heterocycles. The lowest BCUT2D eigenvalue weighted by molar-refractivity contribution is -0.129. The molecular weight excluding hydrogens is 376 g/mol. The molecule has 30 heavy (non-hydrogen) atoms. The van der Waals surface area contributed by atoms with Gasteiger partial charge in [0, 0.05) is 63.8 Å². The van der Waals surface area contributed by atoms with E-state index in [0.717, 1.165) is 49.9 Å². The molecule has 1 atom stereocenters. The third kappa shape index (κ3) is 3.91. The maximum Gasteiger partial charge on any atom is 0.253 e. The number of fused-ring (bicyclic) bond motifs is 1. The molecule has 2 amide bonds. The molecule has 1 aliphatic heterocycles. The standard InChI is InChI=1S/C24H30N4O2/c1-17(29)26(2)23-7-6-18-4-5-19(16-22(18)23)24(30)27(3)20-10-14-28(15-11-20)21-8-12-25-13-9-21/h4-5,8-9,12-13,16,20,23H,6-7,10-11,14-15H2,1-3H3. The van der Waals surface area contributed by atoms with Crippen molar-refractivity contribution in [2.75, 3.05) is 32.1 Å². The summed E-state index contributed by atoms with van der Waals surface area (Å²) < 4.78 is 0. The van der Waals surface area contributed by atoms with Gasteiger partial charge in [0.05, 0.1) is 6.04 Å². The Morgan fingerprint density at radius 1 is 1.00 bits per heavy atom. The van der Waals surface area contributed by atoms with Gasteiger partial charge in [0.2, 0.25) is 5.91 Å². The van der Waals surface area contributed by atoms with Crippen molar-refractivity contribution < 1.29 is 9.59 Å². The summed E-state index contributed by atoms with van der Waals surface area (Å²) in [6.45, 7) is 3.46. The molecule has 0 spiro atoms. The van der Waals surface area contributed by atoms with Crippen LogP contribution in [-0.4, -0.2) is 59.8 Å². The molecule has 1 fully saturated rings. The molecular formula is C24H30N4O2. The Hall–Kier alpha value is -2.89. The van der Waals surface area contributed by atoms with Crippen LogP contribution < -0.4 is 4.90 Å². The van der Waals surface area contributed by atoms with Crippen molar-refractivity contribution in [3.63, 3.8) is 0 Å². The van der Waals surface area contributed by atoms with Crippen LogP contribution in [0, 0.1) is 0 Å². The van der Waals surface area contributed by atoms with Crippen molar-refractivity contribution in [3.05, 3.63) is 59.4 Å². The van der Waals surface area contributed by atoms with E-state index in [9.17, 15) is 9.59 Å².